The summed E-state index contributed by atoms with van der Waals surface area (Å²) in [4.78, 5) is 33.4. The number of carbonyl (C=O) groups excluding carboxylic acids is 2. The van der Waals surface area contributed by atoms with E-state index in [-0.39, 0.29) is 29.2 Å². The average molecular weight is 264 g/mol. The Morgan fingerprint density at radius 1 is 1.42 bits per heavy atom. The lowest BCUT2D eigenvalue weighted by Gasteiger charge is -2.29. The average Bonchev–Trinajstić information content (AvgIpc) is 2.34. The van der Waals surface area contributed by atoms with E-state index in [1.54, 1.807) is 20.8 Å². The predicted octanol–water partition coefficient (Wildman–Crippen LogP) is 2.17. The number of hydrogen-bond acceptors (Lipinski definition) is 5. The highest BCUT2D eigenvalue weighted by atomic mass is 16.3. The summed E-state index contributed by atoms with van der Waals surface area (Å²) in [6, 6.07) is 3.96. The number of phenolic OH excluding ortho intramolecular Hbond substituents is 1. The lowest BCUT2D eigenvalue weighted by Crippen LogP contribution is -2.40. The van der Waals surface area contributed by atoms with Crippen LogP contribution < -0.4 is 0 Å². The van der Waals surface area contributed by atoms with Gasteiger partial charge in [-0.1, -0.05) is 0 Å². The van der Waals surface area contributed by atoms with Crippen molar-refractivity contribution in [2.24, 2.45) is 5.29 Å². The highest BCUT2D eigenvalue weighted by Gasteiger charge is 2.24. The zero-order valence-electron chi connectivity index (χ0n) is 11.1. The number of rotatable bonds is 5. The molecule has 1 rings (SSSR count). The van der Waals surface area contributed by atoms with Crippen LogP contribution in [0.1, 0.15) is 41.5 Å². The fraction of sp³-hybridized carbons (Fsp3) is 0.385. The van der Waals surface area contributed by atoms with Crippen LogP contribution in [0.15, 0.2) is 23.5 Å². The van der Waals surface area contributed by atoms with E-state index in [4.69, 9.17) is 0 Å². The van der Waals surface area contributed by atoms with Crippen LogP contribution in [0.4, 0.5) is 0 Å². The van der Waals surface area contributed by atoms with Gasteiger partial charge < -0.3 is 5.11 Å². The first-order valence-corrected chi connectivity index (χ1v) is 5.72. The van der Waals surface area contributed by atoms with Crippen molar-refractivity contribution in [2.75, 3.05) is 6.54 Å². The second kappa shape index (κ2) is 5.60. The zero-order valence-corrected chi connectivity index (χ0v) is 11.1. The molecule has 6 nitrogen and oxygen atoms in total. The molecule has 6 heteroatoms. The van der Waals surface area contributed by atoms with E-state index >= 15 is 0 Å². The fourth-order valence-electron chi connectivity index (χ4n) is 1.44. The van der Waals surface area contributed by atoms with Crippen molar-refractivity contribution in [1.82, 2.24) is 5.01 Å². The molecule has 0 fully saturated rings. The van der Waals surface area contributed by atoms with Gasteiger partial charge in [0.05, 0.1) is 16.4 Å². The SMILES string of the molecule is CC(C)(C)N(CC(=O)c1ccc(O)c(C=O)c1)N=O. The minimum Gasteiger partial charge on any atom is -0.507 e. The Hall–Kier alpha value is -2.24. The molecule has 0 unspecified atom stereocenters. The standard InChI is InChI=1S/C13H16N2O4/c1-13(2,3)15(14-19)7-12(18)9-4-5-11(17)10(6-9)8-16/h4-6,8,17H,7H2,1-3H3. The van der Waals surface area contributed by atoms with Gasteiger partial charge >= 0.3 is 0 Å². The van der Waals surface area contributed by atoms with Crippen LogP contribution >= 0.6 is 0 Å². The second-order valence-electron chi connectivity index (χ2n) is 5.12. The molecule has 0 bridgehead atoms. The maximum Gasteiger partial charge on any atom is 0.184 e. The summed E-state index contributed by atoms with van der Waals surface area (Å²) in [5, 5.41) is 13.3. The summed E-state index contributed by atoms with van der Waals surface area (Å²) in [5.74, 6) is -0.537. The van der Waals surface area contributed by atoms with Crippen LogP contribution in [-0.2, 0) is 0 Å². The highest BCUT2D eigenvalue weighted by molar-refractivity contribution is 5.99. The first kappa shape index (κ1) is 14.8. The molecule has 0 radical (unpaired) electrons. The molecule has 1 N–H and O–H groups in total. The third-order valence-electron chi connectivity index (χ3n) is 2.64. The number of aldehydes is 1. The van der Waals surface area contributed by atoms with E-state index in [1.165, 1.54) is 18.2 Å². The predicted molar refractivity (Wildman–Crippen MR) is 70.1 cm³/mol. The molecule has 0 aromatic heterocycles. The number of carbonyl (C=O) groups is 2. The van der Waals surface area contributed by atoms with Crippen molar-refractivity contribution < 1.29 is 14.7 Å². The van der Waals surface area contributed by atoms with Crippen LogP contribution in [0.25, 0.3) is 0 Å². The Bertz CT molecular complexity index is 506. The molecule has 0 amide bonds. The largest absolute Gasteiger partial charge is 0.507 e. The smallest absolute Gasteiger partial charge is 0.184 e. The van der Waals surface area contributed by atoms with Crippen molar-refractivity contribution >= 4 is 12.1 Å². The molecule has 0 atom stereocenters. The van der Waals surface area contributed by atoms with E-state index in [9.17, 15) is 19.6 Å². The molecule has 1 aromatic rings. The summed E-state index contributed by atoms with van der Waals surface area (Å²) in [6.45, 7) is 5.09. The molecular weight excluding hydrogens is 248 g/mol. The van der Waals surface area contributed by atoms with Gasteiger partial charge in [-0.05, 0) is 39.0 Å². The van der Waals surface area contributed by atoms with Crippen molar-refractivity contribution in [2.45, 2.75) is 26.3 Å². The van der Waals surface area contributed by atoms with Gasteiger partial charge in [0.1, 0.15) is 12.3 Å². The minimum absolute atomic E-state index is 0.0345. The minimum atomic E-state index is -0.568. The lowest BCUT2D eigenvalue weighted by atomic mass is 10.0. The molecule has 0 aliphatic rings. The number of aromatic hydroxyl groups is 1. The van der Waals surface area contributed by atoms with Crippen LogP contribution in [0.5, 0.6) is 5.75 Å². The Morgan fingerprint density at radius 2 is 2.05 bits per heavy atom. The Kier molecular flexibility index (Phi) is 4.37. The Morgan fingerprint density at radius 3 is 2.53 bits per heavy atom. The van der Waals surface area contributed by atoms with E-state index in [1.807, 2.05) is 0 Å². The van der Waals surface area contributed by atoms with Crippen molar-refractivity contribution in [3.8, 4) is 5.75 Å². The number of Topliss-reactive ketones (excluding diaryl/α,β-unsaturated/α-hetero) is 1. The number of ketones is 1. The monoisotopic (exact) mass is 264 g/mol. The van der Waals surface area contributed by atoms with Gasteiger partial charge in [0.2, 0.25) is 0 Å². The highest BCUT2D eigenvalue weighted by Crippen LogP contribution is 2.19. The molecule has 0 aliphatic heterocycles. The lowest BCUT2D eigenvalue weighted by molar-refractivity contribution is 0.0819. The van der Waals surface area contributed by atoms with Gasteiger partial charge in [-0.3, -0.25) is 9.59 Å². The van der Waals surface area contributed by atoms with E-state index in [0.29, 0.717) is 6.29 Å². The summed E-state index contributed by atoms with van der Waals surface area (Å²) in [5.41, 5.74) is -0.285. The van der Waals surface area contributed by atoms with Crippen LogP contribution in [0.3, 0.4) is 0 Å². The summed E-state index contributed by atoms with van der Waals surface area (Å²) >= 11 is 0. The molecule has 19 heavy (non-hydrogen) atoms. The molecule has 102 valence electrons. The quantitative estimate of drug-likeness (QED) is 0.381. The van der Waals surface area contributed by atoms with E-state index in [0.717, 1.165) is 5.01 Å². The van der Waals surface area contributed by atoms with E-state index in [2.05, 4.69) is 5.29 Å². The topological polar surface area (TPSA) is 87.0 Å². The molecule has 0 saturated heterocycles. The van der Waals surface area contributed by atoms with Crippen molar-refractivity contribution in [3.05, 3.63) is 34.2 Å². The van der Waals surface area contributed by atoms with Gasteiger partial charge in [0.15, 0.2) is 12.1 Å². The third kappa shape index (κ3) is 3.61. The fourth-order valence-corrected chi connectivity index (χ4v) is 1.44. The molecule has 1 aromatic carbocycles. The zero-order chi connectivity index (χ0) is 14.6. The number of nitrogens with zero attached hydrogens (tertiary/aromatic N) is 2. The maximum absolute atomic E-state index is 12.0. The number of nitroso groups, excluding NO2 is 1. The Balaban J connectivity index is 2.95. The summed E-state index contributed by atoms with van der Waals surface area (Å²) in [6.07, 6.45) is 0.464. The number of hydrogen-bond donors (Lipinski definition) is 1. The van der Waals surface area contributed by atoms with Gasteiger partial charge in [-0.15, -0.1) is 4.91 Å². The van der Waals surface area contributed by atoms with Crippen molar-refractivity contribution in [3.63, 3.8) is 0 Å². The summed E-state index contributed by atoms with van der Waals surface area (Å²) in [7, 11) is 0. The molecular formula is C13H16N2O4. The van der Waals surface area contributed by atoms with Crippen LogP contribution in [0.2, 0.25) is 0 Å². The third-order valence-corrected chi connectivity index (χ3v) is 2.64. The van der Waals surface area contributed by atoms with Gasteiger partial charge in [0, 0.05) is 5.56 Å². The van der Waals surface area contributed by atoms with Gasteiger partial charge in [0.25, 0.3) is 0 Å². The summed E-state index contributed by atoms with van der Waals surface area (Å²) < 4.78 is 0. The molecule has 0 heterocycles. The number of phenols is 1. The molecule has 0 saturated carbocycles. The van der Waals surface area contributed by atoms with E-state index < -0.39 is 5.54 Å². The first-order chi connectivity index (χ1) is 8.79. The number of benzene rings is 1. The molecule has 0 spiro atoms. The van der Waals surface area contributed by atoms with Crippen LogP contribution in [-0.4, -0.2) is 34.3 Å². The second-order valence-corrected chi connectivity index (χ2v) is 5.12. The normalized spacial score (nSPS) is 10.9. The van der Waals surface area contributed by atoms with Gasteiger partial charge in [-0.2, -0.15) is 0 Å². The van der Waals surface area contributed by atoms with Crippen LogP contribution in [0, 0.1) is 4.91 Å². The maximum atomic E-state index is 12.0. The van der Waals surface area contributed by atoms with Crippen molar-refractivity contribution in [1.29, 1.82) is 0 Å². The first-order valence-electron chi connectivity index (χ1n) is 5.72. The van der Waals surface area contributed by atoms with Gasteiger partial charge in [-0.25, -0.2) is 5.01 Å². The Labute approximate surface area is 111 Å². The molecule has 0 aliphatic carbocycles.